The maximum atomic E-state index is 3.75. The predicted molar refractivity (Wildman–Crippen MR) is 111 cm³/mol. The molecule has 0 saturated carbocycles. The summed E-state index contributed by atoms with van der Waals surface area (Å²) < 4.78 is 1.19. The van der Waals surface area contributed by atoms with Gasteiger partial charge in [0.05, 0.1) is 5.41 Å². The van der Waals surface area contributed by atoms with Crippen LogP contribution in [-0.4, -0.2) is 0 Å². The third kappa shape index (κ3) is 1.61. The Bertz CT molecular complexity index is 1070. The quantitative estimate of drug-likeness (QED) is 0.403. The van der Waals surface area contributed by atoms with Gasteiger partial charge in [-0.15, -0.1) is 0 Å². The minimum atomic E-state index is -0.0990. The van der Waals surface area contributed by atoms with Crippen molar-refractivity contribution in [3.05, 3.63) is 118 Å². The molecule has 1 heteroatoms. The van der Waals surface area contributed by atoms with E-state index in [1.54, 1.807) is 0 Å². The average Bonchev–Trinajstić information content (AvgIpc) is 3.15. The van der Waals surface area contributed by atoms with E-state index >= 15 is 0 Å². The molecule has 3 aromatic rings. The molecule has 0 aliphatic heterocycles. The first-order chi connectivity index (χ1) is 12.8. The van der Waals surface area contributed by atoms with Crippen LogP contribution in [0.2, 0.25) is 0 Å². The number of allylic oxidation sites excluding steroid dienone is 4. The molecule has 124 valence electrons. The smallest absolute Gasteiger partial charge is 0.0538 e. The molecule has 2 unspecified atom stereocenters. The Labute approximate surface area is 162 Å². The van der Waals surface area contributed by atoms with Gasteiger partial charge < -0.3 is 0 Å². The van der Waals surface area contributed by atoms with Gasteiger partial charge in [-0.25, -0.2) is 0 Å². The summed E-state index contributed by atoms with van der Waals surface area (Å²) in [5.41, 5.74) is 8.52. The molecule has 0 amide bonds. The molecule has 3 aromatic carbocycles. The Morgan fingerprint density at radius 3 is 1.96 bits per heavy atom. The number of halogens is 1. The Kier molecular flexibility index (Phi) is 2.88. The Morgan fingerprint density at radius 1 is 0.692 bits per heavy atom. The highest BCUT2D eigenvalue weighted by molar-refractivity contribution is 9.11. The Balaban J connectivity index is 1.80. The zero-order chi connectivity index (χ0) is 17.3. The topological polar surface area (TPSA) is 0 Å². The maximum Gasteiger partial charge on any atom is 0.0538 e. The molecular weight excluding hydrogens is 380 g/mol. The maximum absolute atomic E-state index is 3.75. The van der Waals surface area contributed by atoms with Gasteiger partial charge >= 0.3 is 0 Å². The number of benzene rings is 3. The van der Waals surface area contributed by atoms with Gasteiger partial charge in [0.15, 0.2) is 0 Å². The first kappa shape index (κ1) is 14.8. The summed E-state index contributed by atoms with van der Waals surface area (Å²) in [6.45, 7) is 0. The molecule has 0 radical (unpaired) electrons. The van der Waals surface area contributed by atoms with Crippen LogP contribution >= 0.6 is 15.9 Å². The fraction of sp³-hybridized carbons (Fsp3) is 0.120. The molecule has 0 bridgehead atoms. The highest BCUT2D eigenvalue weighted by atomic mass is 79.9. The van der Waals surface area contributed by atoms with Crippen LogP contribution in [0.15, 0.2) is 95.5 Å². The van der Waals surface area contributed by atoms with Crippen LogP contribution in [0.5, 0.6) is 0 Å². The third-order valence-electron chi connectivity index (χ3n) is 6.43. The van der Waals surface area contributed by atoms with Crippen molar-refractivity contribution < 1.29 is 0 Å². The van der Waals surface area contributed by atoms with Crippen LogP contribution in [0, 0.1) is 5.92 Å². The molecule has 2 atom stereocenters. The highest BCUT2D eigenvalue weighted by Gasteiger charge is 2.56. The van der Waals surface area contributed by atoms with Gasteiger partial charge in [0, 0.05) is 16.3 Å². The normalized spacial score (nSPS) is 23.2. The lowest BCUT2D eigenvalue weighted by atomic mass is 9.65. The molecule has 0 N–H and O–H groups in total. The fourth-order valence-corrected chi connectivity index (χ4v) is 6.02. The van der Waals surface area contributed by atoms with Gasteiger partial charge in [0.25, 0.3) is 0 Å². The lowest BCUT2D eigenvalue weighted by molar-refractivity contribution is 0.465. The van der Waals surface area contributed by atoms with Crippen molar-refractivity contribution in [1.82, 2.24) is 0 Å². The molecule has 0 saturated heterocycles. The molecule has 0 fully saturated rings. The van der Waals surface area contributed by atoms with Crippen molar-refractivity contribution in [3.63, 3.8) is 0 Å². The molecule has 6 rings (SSSR count). The number of fused-ring (bicyclic) bond motifs is 10. The van der Waals surface area contributed by atoms with Crippen molar-refractivity contribution in [2.24, 2.45) is 5.92 Å². The van der Waals surface area contributed by atoms with Crippen molar-refractivity contribution in [2.75, 3.05) is 0 Å². The third-order valence-corrected chi connectivity index (χ3v) is 6.96. The Morgan fingerprint density at radius 2 is 1.27 bits per heavy atom. The summed E-state index contributed by atoms with van der Waals surface area (Å²) in [7, 11) is 0. The van der Waals surface area contributed by atoms with Gasteiger partial charge in [0.1, 0.15) is 0 Å². The van der Waals surface area contributed by atoms with E-state index in [2.05, 4.69) is 107 Å². The molecule has 0 aromatic heterocycles. The second-order valence-corrected chi connectivity index (χ2v) is 8.36. The predicted octanol–water partition coefficient (Wildman–Crippen LogP) is 6.56. The SMILES string of the molecule is BrC1=CC2C(C=C1)c1ccccc1C21c2ccccc2-c2ccccc21. The minimum Gasteiger partial charge on any atom is -0.0752 e. The van der Waals surface area contributed by atoms with Crippen molar-refractivity contribution >= 4 is 15.9 Å². The van der Waals surface area contributed by atoms with Gasteiger partial charge in [-0.05, 0) is 33.4 Å². The monoisotopic (exact) mass is 396 g/mol. The summed E-state index contributed by atoms with van der Waals surface area (Å²) in [6.07, 6.45) is 7.03. The highest BCUT2D eigenvalue weighted by Crippen LogP contribution is 2.65. The fourth-order valence-electron chi connectivity index (χ4n) is 5.58. The molecule has 0 nitrogen and oxygen atoms in total. The molecule has 0 heterocycles. The first-order valence-electron chi connectivity index (χ1n) is 9.16. The summed E-state index contributed by atoms with van der Waals surface area (Å²) >= 11 is 3.75. The summed E-state index contributed by atoms with van der Waals surface area (Å²) in [6, 6.07) is 27.0. The largest absolute Gasteiger partial charge is 0.0752 e. The van der Waals surface area contributed by atoms with Crippen LogP contribution < -0.4 is 0 Å². The van der Waals surface area contributed by atoms with E-state index in [-0.39, 0.29) is 5.41 Å². The van der Waals surface area contributed by atoms with E-state index in [0.717, 1.165) is 0 Å². The molecule has 3 aliphatic carbocycles. The van der Waals surface area contributed by atoms with E-state index in [1.807, 2.05) is 0 Å². The molecule has 3 aliphatic rings. The van der Waals surface area contributed by atoms with Gasteiger partial charge in [-0.2, -0.15) is 0 Å². The van der Waals surface area contributed by atoms with Gasteiger partial charge in [0.2, 0.25) is 0 Å². The second-order valence-electron chi connectivity index (χ2n) is 7.45. The number of rotatable bonds is 0. The summed E-state index contributed by atoms with van der Waals surface area (Å²) in [4.78, 5) is 0. The number of hydrogen-bond donors (Lipinski definition) is 0. The zero-order valence-corrected chi connectivity index (χ0v) is 15.8. The van der Waals surface area contributed by atoms with Crippen LogP contribution in [0.3, 0.4) is 0 Å². The summed E-state index contributed by atoms with van der Waals surface area (Å²) in [5.74, 6) is 0.816. The standard InChI is InChI=1S/C25H17Br/c26-16-13-14-20-19-9-3-6-12-23(19)25(24(20)15-16)21-10-4-1-7-17(21)18-8-2-5-11-22(18)25/h1-15,20,24H. The van der Waals surface area contributed by atoms with Gasteiger partial charge in [-0.1, -0.05) is 107 Å². The Hall–Kier alpha value is -2.38. The lowest BCUT2D eigenvalue weighted by Crippen LogP contribution is -2.33. The molecule has 1 spiro atoms. The van der Waals surface area contributed by atoms with Crippen molar-refractivity contribution in [3.8, 4) is 11.1 Å². The van der Waals surface area contributed by atoms with Crippen LogP contribution in [0.4, 0.5) is 0 Å². The van der Waals surface area contributed by atoms with Crippen molar-refractivity contribution in [1.29, 1.82) is 0 Å². The first-order valence-corrected chi connectivity index (χ1v) is 9.95. The van der Waals surface area contributed by atoms with E-state index in [0.29, 0.717) is 11.8 Å². The second kappa shape index (κ2) is 5.08. The lowest BCUT2D eigenvalue weighted by Gasteiger charge is -2.36. The van der Waals surface area contributed by atoms with E-state index < -0.39 is 0 Å². The number of hydrogen-bond acceptors (Lipinski definition) is 0. The van der Waals surface area contributed by atoms with E-state index in [9.17, 15) is 0 Å². The molecular formula is C25H17Br. The van der Waals surface area contributed by atoms with Crippen molar-refractivity contribution in [2.45, 2.75) is 11.3 Å². The van der Waals surface area contributed by atoms with Gasteiger partial charge in [-0.3, -0.25) is 0 Å². The summed E-state index contributed by atoms with van der Waals surface area (Å²) in [5, 5.41) is 0. The van der Waals surface area contributed by atoms with E-state index in [1.165, 1.54) is 37.9 Å². The average molecular weight is 397 g/mol. The minimum absolute atomic E-state index is 0.0990. The van der Waals surface area contributed by atoms with Crippen LogP contribution in [0.25, 0.3) is 11.1 Å². The van der Waals surface area contributed by atoms with E-state index in [4.69, 9.17) is 0 Å². The van der Waals surface area contributed by atoms with Crippen LogP contribution in [-0.2, 0) is 5.41 Å². The zero-order valence-electron chi connectivity index (χ0n) is 14.2. The van der Waals surface area contributed by atoms with Crippen LogP contribution in [0.1, 0.15) is 28.2 Å². The molecule has 26 heavy (non-hydrogen) atoms.